The first kappa shape index (κ1) is 9.34. The third kappa shape index (κ3) is 1.01. The Morgan fingerprint density at radius 1 is 0.824 bits per heavy atom. The zero-order valence-corrected chi connectivity index (χ0v) is 9.48. The predicted octanol–water partition coefficient (Wildman–Crippen LogP) is 3.62. The molecule has 2 atom stereocenters. The molecule has 17 heavy (non-hydrogen) atoms. The van der Waals surface area contributed by atoms with Crippen molar-refractivity contribution in [2.45, 2.75) is 31.1 Å². The van der Waals surface area contributed by atoms with Crippen LogP contribution in [0.4, 0.5) is 0 Å². The molecule has 0 spiro atoms. The average molecular weight is 226 g/mol. The molecular formula is C15H14O2. The first-order valence-corrected chi connectivity index (χ1v) is 6.23. The van der Waals surface area contributed by atoms with Gasteiger partial charge in [0.05, 0.1) is 0 Å². The van der Waals surface area contributed by atoms with Gasteiger partial charge < -0.3 is 10.2 Å². The summed E-state index contributed by atoms with van der Waals surface area (Å²) in [5.41, 5.74) is 2.05. The molecule has 0 heterocycles. The van der Waals surface area contributed by atoms with Crippen molar-refractivity contribution in [1.29, 1.82) is 0 Å². The minimum Gasteiger partial charge on any atom is -0.507 e. The molecule has 2 aliphatic carbocycles. The fourth-order valence-corrected chi connectivity index (χ4v) is 3.77. The minimum atomic E-state index is 0.403. The van der Waals surface area contributed by atoms with Crippen LogP contribution < -0.4 is 0 Å². The van der Waals surface area contributed by atoms with E-state index in [0.29, 0.717) is 23.3 Å². The van der Waals surface area contributed by atoms with Crippen LogP contribution in [0.2, 0.25) is 0 Å². The highest BCUT2D eigenvalue weighted by atomic mass is 16.3. The van der Waals surface area contributed by atoms with Crippen LogP contribution in [0.15, 0.2) is 24.3 Å². The average Bonchev–Trinajstić information content (AvgIpc) is 2.96. The molecule has 2 aromatic carbocycles. The molecule has 2 aromatic rings. The van der Waals surface area contributed by atoms with E-state index in [4.69, 9.17) is 0 Å². The van der Waals surface area contributed by atoms with Crippen molar-refractivity contribution >= 4 is 10.8 Å². The van der Waals surface area contributed by atoms with Gasteiger partial charge in [0, 0.05) is 21.9 Å². The topological polar surface area (TPSA) is 40.5 Å². The second kappa shape index (κ2) is 2.95. The fraction of sp³-hybridized carbons (Fsp3) is 0.333. The standard InChI is InChI=1S/C15H14O2/c16-14-10-3-1-2-4-11(10)15(17)13-9-6-5-8(7-9)12(13)14/h1-4,8-9,16-17H,5-7H2. The molecule has 2 N–H and O–H groups in total. The molecule has 1 saturated carbocycles. The third-order valence-corrected chi connectivity index (χ3v) is 4.49. The van der Waals surface area contributed by atoms with Gasteiger partial charge >= 0.3 is 0 Å². The Kier molecular flexibility index (Phi) is 1.62. The monoisotopic (exact) mass is 226 g/mol. The van der Waals surface area contributed by atoms with Crippen LogP contribution in [-0.4, -0.2) is 10.2 Å². The number of benzene rings is 2. The van der Waals surface area contributed by atoms with E-state index in [1.54, 1.807) is 0 Å². The van der Waals surface area contributed by atoms with Crippen molar-refractivity contribution < 1.29 is 10.2 Å². The van der Waals surface area contributed by atoms with Gasteiger partial charge in [-0.1, -0.05) is 24.3 Å². The quantitative estimate of drug-likeness (QED) is 0.673. The number of fused-ring (bicyclic) bond motifs is 6. The summed E-state index contributed by atoms with van der Waals surface area (Å²) in [6.07, 6.45) is 3.42. The van der Waals surface area contributed by atoms with E-state index >= 15 is 0 Å². The molecule has 0 radical (unpaired) electrons. The van der Waals surface area contributed by atoms with Crippen LogP contribution >= 0.6 is 0 Å². The summed E-state index contributed by atoms with van der Waals surface area (Å²) in [6, 6.07) is 7.58. The summed E-state index contributed by atoms with van der Waals surface area (Å²) in [6.45, 7) is 0. The van der Waals surface area contributed by atoms with Crippen molar-refractivity contribution in [3.63, 3.8) is 0 Å². The number of aromatic hydroxyl groups is 2. The summed E-state index contributed by atoms with van der Waals surface area (Å²) in [5, 5.41) is 22.4. The lowest BCUT2D eigenvalue weighted by molar-refractivity contribution is 0.452. The maximum atomic E-state index is 10.4. The normalized spacial score (nSPS) is 25.4. The lowest BCUT2D eigenvalue weighted by Crippen LogP contribution is -1.99. The Bertz CT molecular complexity index is 576. The SMILES string of the molecule is Oc1c2c(c(O)c3ccccc13)C1CCC2C1. The molecule has 0 aliphatic heterocycles. The Morgan fingerprint density at radius 2 is 1.29 bits per heavy atom. The number of hydrogen-bond acceptors (Lipinski definition) is 2. The van der Waals surface area contributed by atoms with Crippen LogP contribution in [0.1, 0.15) is 42.2 Å². The summed E-state index contributed by atoms with van der Waals surface area (Å²) in [7, 11) is 0. The van der Waals surface area contributed by atoms with Gasteiger partial charge in [0.2, 0.25) is 0 Å². The van der Waals surface area contributed by atoms with Crippen LogP contribution in [-0.2, 0) is 0 Å². The lowest BCUT2D eigenvalue weighted by Gasteiger charge is -2.20. The maximum Gasteiger partial charge on any atom is 0.127 e. The largest absolute Gasteiger partial charge is 0.507 e. The molecule has 0 saturated heterocycles. The molecular weight excluding hydrogens is 212 g/mol. The van der Waals surface area contributed by atoms with Crippen molar-refractivity contribution in [1.82, 2.24) is 0 Å². The predicted molar refractivity (Wildman–Crippen MR) is 66.6 cm³/mol. The van der Waals surface area contributed by atoms with Crippen molar-refractivity contribution in [3.8, 4) is 11.5 Å². The van der Waals surface area contributed by atoms with Crippen LogP contribution in [0.3, 0.4) is 0 Å². The van der Waals surface area contributed by atoms with Gasteiger partial charge in [0.1, 0.15) is 11.5 Å². The summed E-state index contributed by atoms with van der Waals surface area (Å²) >= 11 is 0. The van der Waals surface area contributed by atoms with Crippen molar-refractivity contribution in [2.75, 3.05) is 0 Å². The van der Waals surface area contributed by atoms with E-state index in [-0.39, 0.29) is 0 Å². The first-order valence-electron chi connectivity index (χ1n) is 6.23. The zero-order valence-electron chi connectivity index (χ0n) is 9.48. The minimum absolute atomic E-state index is 0.403. The van der Waals surface area contributed by atoms with Gasteiger partial charge in [0.25, 0.3) is 0 Å². The first-order chi connectivity index (χ1) is 8.27. The molecule has 2 aliphatic rings. The van der Waals surface area contributed by atoms with Gasteiger partial charge in [0.15, 0.2) is 0 Å². The maximum absolute atomic E-state index is 10.4. The van der Waals surface area contributed by atoms with Crippen molar-refractivity contribution in [2.24, 2.45) is 0 Å². The Morgan fingerprint density at radius 3 is 1.76 bits per heavy atom. The van der Waals surface area contributed by atoms with E-state index in [1.807, 2.05) is 24.3 Å². The molecule has 2 heteroatoms. The summed E-state index contributed by atoms with van der Waals surface area (Å²) < 4.78 is 0. The number of rotatable bonds is 0. The number of phenolic OH excluding ortho intramolecular Hbond substituents is 2. The number of hydrogen-bond donors (Lipinski definition) is 2. The molecule has 86 valence electrons. The molecule has 4 rings (SSSR count). The highest BCUT2D eigenvalue weighted by Gasteiger charge is 2.41. The Hall–Kier alpha value is -1.70. The van der Waals surface area contributed by atoms with Gasteiger partial charge in [-0.05, 0) is 31.1 Å². The molecule has 2 unspecified atom stereocenters. The molecule has 2 bridgehead atoms. The number of phenols is 2. The molecule has 2 nitrogen and oxygen atoms in total. The van der Waals surface area contributed by atoms with Crippen molar-refractivity contribution in [3.05, 3.63) is 35.4 Å². The Balaban J connectivity index is 2.19. The highest BCUT2D eigenvalue weighted by molar-refractivity contribution is 5.96. The van der Waals surface area contributed by atoms with E-state index < -0.39 is 0 Å². The van der Waals surface area contributed by atoms with Gasteiger partial charge in [-0.15, -0.1) is 0 Å². The fourth-order valence-electron chi connectivity index (χ4n) is 3.77. The molecule has 1 fully saturated rings. The summed E-state index contributed by atoms with van der Waals surface area (Å²) in [4.78, 5) is 0. The van der Waals surface area contributed by atoms with Crippen LogP contribution in [0, 0.1) is 0 Å². The van der Waals surface area contributed by atoms with E-state index in [9.17, 15) is 10.2 Å². The highest BCUT2D eigenvalue weighted by Crippen LogP contribution is 2.60. The van der Waals surface area contributed by atoms with E-state index in [0.717, 1.165) is 41.2 Å². The second-order valence-corrected chi connectivity index (χ2v) is 5.28. The summed E-state index contributed by atoms with van der Waals surface area (Å²) in [5.74, 6) is 1.73. The molecule has 0 aromatic heterocycles. The van der Waals surface area contributed by atoms with E-state index in [1.165, 1.54) is 0 Å². The Labute approximate surface area is 99.5 Å². The van der Waals surface area contributed by atoms with Crippen LogP contribution in [0.25, 0.3) is 10.8 Å². The smallest absolute Gasteiger partial charge is 0.127 e. The molecule has 0 amide bonds. The second-order valence-electron chi connectivity index (χ2n) is 5.28. The van der Waals surface area contributed by atoms with E-state index in [2.05, 4.69) is 0 Å². The van der Waals surface area contributed by atoms with Crippen LogP contribution in [0.5, 0.6) is 11.5 Å². The zero-order chi connectivity index (χ0) is 11.6. The third-order valence-electron chi connectivity index (χ3n) is 4.49. The lowest BCUT2D eigenvalue weighted by atomic mass is 9.87. The van der Waals surface area contributed by atoms with Gasteiger partial charge in [-0.3, -0.25) is 0 Å². The van der Waals surface area contributed by atoms with Gasteiger partial charge in [-0.2, -0.15) is 0 Å². The van der Waals surface area contributed by atoms with Gasteiger partial charge in [-0.25, -0.2) is 0 Å².